The molecular weight excluding hydrogens is 458 g/mol. The third-order valence-corrected chi connectivity index (χ3v) is 6.59. The molecule has 1 aliphatic rings. The van der Waals surface area contributed by atoms with Crippen molar-refractivity contribution in [3.63, 3.8) is 0 Å². The number of benzene rings is 1. The highest BCUT2D eigenvalue weighted by molar-refractivity contribution is 6.46. The number of ketones is 1. The second-order valence-electron chi connectivity index (χ2n) is 8.19. The summed E-state index contributed by atoms with van der Waals surface area (Å²) >= 11 is 6.07. The first-order chi connectivity index (χ1) is 16.2. The average Bonchev–Trinajstić information content (AvgIpc) is 3.26. The van der Waals surface area contributed by atoms with Gasteiger partial charge in [0, 0.05) is 29.4 Å². The van der Waals surface area contributed by atoms with Crippen LogP contribution in [0.1, 0.15) is 52.8 Å². The molecule has 2 heterocycles. The van der Waals surface area contributed by atoms with Gasteiger partial charge >= 0.3 is 5.97 Å². The van der Waals surface area contributed by atoms with Gasteiger partial charge in [-0.3, -0.25) is 9.59 Å². The number of aromatic amines is 1. The summed E-state index contributed by atoms with van der Waals surface area (Å²) < 4.78 is 4.81. The Hall–Kier alpha value is -3.10. The molecule has 0 saturated carbocycles. The Morgan fingerprint density at radius 3 is 2.35 bits per heavy atom. The van der Waals surface area contributed by atoms with E-state index in [9.17, 15) is 19.5 Å². The Bertz CT molecular complexity index is 1130. The summed E-state index contributed by atoms with van der Waals surface area (Å²) in [6, 6.07) is 6.07. The molecule has 1 atom stereocenters. The Kier molecular flexibility index (Phi) is 7.84. The van der Waals surface area contributed by atoms with E-state index >= 15 is 0 Å². The third-order valence-electron chi connectivity index (χ3n) is 6.34. The number of aliphatic hydroxyl groups is 1. The number of H-pyrrole nitrogens is 1. The van der Waals surface area contributed by atoms with Crippen LogP contribution in [0.2, 0.25) is 5.02 Å². The monoisotopic (exact) mass is 487 g/mol. The first kappa shape index (κ1) is 25.5. The van der Waals surface area contributed by atoms with Crippen molar-refractivity contribution >= 4 is 35.0 Å². The quantitative estimate of drug-likeness (QED) is 0.254. The molecule has 0 radical (unpaired) electrons. The number of aryl methyl sites for hydroxylation is 1. The lowest BCUT2D eigenvalue weighted by molar-refractivity contribution is -0.140. The molecule has 3 rings (SSSR count). The number of aromatic nitrogens is 1. The molecule has 1 aliphatic heterocycles. The molecule has 34 heavy (non-hydrogen) atoms. The number of likely N-dealkylation sites (N-methyl/N-ethyl adjacent to an activating group) is 1. The number of amides is 1. The minimum atomic E-state index is -0.789. The zero-order valence-corrected chi connectivity index (χ0v) is 20.8. The molecule has 1 aromatic carbocycles. The van der Waals surface area contributed by atoms with E-state index < -0.39 is 23.7 Å². The van der Waals surface area contributed by atoms with Crippen molar-refractivity contribution in [3.8, 4) is 0 Å². The lowest BCUT2D eigenvalue weighted by Gasteiger charge is -2.28. The lowest BCUT2D eigenvalue weighted by Crippen LogP contribution is -2.38. The topological polar surface area (TPSA) is 103 Å². The van der Waals surface area contributed by atoms with Crippen LogP contribution in [0, 0.1) is 13.8 Å². The summed E-state index contributed by atoms with van der Waals surface area (Å²) in [5.41, 5.74) is 2.05. The number of likely N-dealkylation sites (tertiary alicyclic amines) is 1. The van der Waals surface area contributed by atoms with Crippen molar-refractivity contribution in [2.24, 2.45) is 0 Å². The van der Waals surface area contributed by atoms with E-state index in [1.807, 2.05) is 13.8 Å². The fraction of sp³-hybridized carbons (Fsp3) is 0.400. The normalized spacial score (nSPS) is 17.6. The Morgan fingerprint density at radius 1 is 1.18 bits per heavy atom. The van der Waals surface area contributed by atoms with Gasteiger partial charge in [-0.1, -0.05) is 37.6 Å². The molecule has 2 N–H and O–H groups in total. The van der Waals surface area contributed by atoms with Gasteiger partial charge in [0.05, 0.1) is 18.7 Å². The number of nitrogens with zero attached hydrogens (tertiary/aromatic N) is 2. The van der Waals surface area contributed by atoms with Crippen molar-refractivity contribution in [2.45, 2.75) is 33.7 Å². The first-order valence-corrected chi connectivity index (χ1v) is 11.6. The van der Waals surface area contributed by atoms with Gasteiger partial charge in [0.1, 0.15) is 11.5 Å². The SMILES string of the molecule is CCN(CC)CCN1C(=O)C(=O)C(=C(O)c2c(C)[nH]c(C(=O)OC)c2C)[C@H]1c1ccc(Cl)cc1. The van der Waals surface area contributed by atoms with Gasteiger partial charge in [0.2, 0.25) is 0 Å². The number of methoxy groups -OCH3 is 1. The smallest absolute Gasteiger partial charge is 0.354 e. The molecule has 1 amide bonds. The Balaban J connectivity index is 2.17. The summed E-state index contributed by atoms with van der Waals surface area (Å²) in [5, 5.41) is 11.9. The molecule has 1 saturated heterocycles. The molecular formula is C25H30ClN3O5. The fourth-order valence-electron chi connectivity index (χ4n) is 4.44. The molecule has 1 fully saturated rings. The minimum absolute atomic E-state index is 0.0199. The van der Waals surface area contributed by atoms with Gasteiger partial charge in [-0.25, -0.2) is 4.79 Å². The van der Waals surface area contributed by atoms with Gasteiger partial charge in [0.25, 0.3) is 11.7 Å². The van der Waals surface area contributed by atoms with Crippen LogP contribution in [0.5, 0.6) is 0 Å². The van der Waals surface area contributed by atoms with E-state index in [-0.39, 0.29) is 17.0 Å². The molecule has 9 heteroatoms. The van der Waals surface area contributed by atoms with Crippen LogP contribution in [0.4, 0.5) is 0 Å². The highest BCUT2D eigenvalue weighted by Gasteiger charge is 2.46. The highest BCUT2D eigenvalue weighted by Crippen LogP contribution is 2.41. The zero-order chi connectivity index (χ0) is 25.2. The standard InChI is InChI=1S/C25H30ClN3O5/c1-6-28(7-2)12-13-29-21(16-8-10-17(26)11-9-16)19(23(31)24(29)32)22(30)18-14(3)20(25(33)34-5)27-15(18)4/h8-11,21,27,30H,6-7,12-13H2,1-5H3/t21-/m1/s1. The number of Topliss-reactive ketones (excluding diaryl/α,β-unsaturated/α-hetero) is 1. The minimum Gasteiger partial charge on any atom is -0.507 e. The summed E-state index contributed by atoms with van der Waals surface area (Å²) in [6.45, 7) is 9.91. The summed E-state index contributed by atoms with van der Waals surface area (Å²) in [5.74, 6) is -2.36. The number of carbonyl (C=O) groups excluding carboxylic acids is 3. The van der Waals surface area contributed by atoms with Crippen LogP contribution < -0.4 is 0 Å². The third kappa shape index (κ3) is 4.60. The number of nitrogens with one attached hydrogen (secondary N) is 1. The van der Waals surface area contributed by atoms with Crippen molar-refractivity contribution < 1.29 is 24.2 Å². The van der Waals surface area contributed by atoms with Gasteiger partial charge in [-0.2, -0.15) is 0 Å². The molecule has 0 aliphatic carbocycles. The highest BCUT2D eigenvalue weighted by atomic mass is 35.5. The summed E-state index contributed by atoms with van der Waals surface area (Å²) in [7, 11) is 1.26. The second kappa shape index (κ2) is 10.4. The molecule has 2 aromatic rings. The molecule has 0 spiro atoms. The number of ether oxygens (including phenoxy) is 1. The van der Waals surface area contributed by atoms with Crippen LogP contribution in [0.25, 0.3) is 5.76 Å². The van der Waals surface area contributed by atoms with Crippen molar-refractivity contribution in [1.29, 1.82) is 0 Å². The van der Waals surface area contributed by atoms with Crippen LogP contribution in [-0.2, 0) is 14.3 Å². The number of esters is 1. The predicted octanol–water partition coefficient (Wildman–Crippen LogP) is 3.84. The van der Waals surface area contributed by atoms with Gasteiger partial charge in [-0.05, 0) is 50.2 Å². The Labute approximate surface area is 204 Å². The van der Waals surface area contributed by atoms with Crippen LogP contribution >= 0.6 is 11.6 Å². The first-order valence-electron chi connectivity index (χ1n) is 11.2. The maximum absolute atomic E-state index is 13.2. The number of aliphatic hydroxyl groups excluding tert-OH is 1. The summed E-state index contributed by atoms with van der Waals surface area (Å²) in [6.07, 6.45) is 0. The van der Waals surface area contributed by atoms with Crippen LogP contribution in [0.15, 0.2) is 29.8 Å². The van der Waals surface area contributed by atoms with Crippen molar-refractivity contribution in [1.82, 2.24) is 14.8 Å². The number of hydrogen-bond donors (Lipinski definition) is 2. The number of carbonyl (C=O) groups is 3. The van der Waals surface area contributed by atoms with Gasteiger partial charge in [0.15, 0.2) is 0 Å². The van der Waals surface area contributed by atoms with Gasteiger partial charge in [-0.15, -0.1) is 0 Å². The lowest BCUT2D eigenvalue weighted by atomic mass is 9.94. The average molecular weight is 488 g/mol. The number of halogens is 1. The van der Waals surface area contributed by atoms with E-state index in [4.69, 9.17) is 16.3 Å². The van der Waals surface area contributed by atoms with Crippen LogP contribution in [-0.4, -0.2) is 70.8 Å². The zero-order valence-electron chi connectivity index (χ0n) is 20.1. The number of hydrogen-bond acceptors (Lipinski definition) is 6. The second-order valence-corrected chi connectivity index (χ2v) is 8.62. The maximum atomic E-state index is 13.2. The van der Waals surface area contributed by atoms with Crippen LogP contribution in [0.3, 0.4) is 0 Å². The molecule has 0 unspecified atom stereocenters. The Morgan fingerprint density at radius 2 is 1.79 bits per heavy atom. The van der Waals surface area contributed by atoms with E-state index in [1.54, 1.807) is 38.1 Å². The molecule has 182 valence electrons. The fourth-order valence-corrected chi connectivity index (χ4v) is 4.56. The van der Waals surface area contributed by atoms with E-state index in [0.29, 0.717) is 40.5 Å². The van der Waals surface area contributed by atoms with Crippen molar-refractivity contribution in [3.05, 3.63) is 62.9 Å². The largest absolute Gasteiger partial charge is 0.507 e. The maximum Gasteiger partial charge on any atom is 0.354 e. The van der Waals surface area contributed by atoms with E-state index in [0.717, 1.165) is 13.1 Å². The molecule has 1 aromatic heterocycles. The van der Waals surface area contributed by atoms with Crippen molar-refractivity contribution in [2.75, 3.05) is 33.3 Å². The van der Waals surface area contributed by atoms with E-state index in [2.05, 4.69) is 9.88 Å². The molecule has 8 nitrogen and oxygen atoms in total. The summed E-state index contributed by atoms with van der Waals surface area (Å²) in [4.78, 5) is 45.1. The molecule has 0 bridgehead atoms. The number of rotatable bonds is 8. The predicted molar refractivity (Wildman–Crippen MR) is 130 cm³/mol. The van der Waals surface area contributed by atoms with E-state index in [1.165, 1.54) is 12.0 Å². The van der Waals surface area contributed by atoms with Gasteiger partial charge < -0.3 is 24.6 Å².